The maximum atomic E-state index is 5.40. The number of fused-ring (bicyclic) bond motifs is 1. The van der Waals surface area contributed by atoms with Gasteiger partial charge in [-0.1, -0.05) is 0 Å². The number of rotatable bonds is 3. The Morgan fingerprint density at radius 3 is 2.71 bits per heavy atom. The second-order valence-electron chi connectivity index (χ2n) is 4.92. The van der Waals surface area contributed by atoms with Crippen LogP contribution in [0.25, 0.3) is 11.2 Å². The normalized spacial score (nSPS) is 12.5. The molecule has 6 heteroatoms. The molecule has 0 radical (unpaired) electrons. The average molecular weight is 254 g/mol. The molecule has 2 rings (SSSR count). The lowest BCUT2D eigenvalue weighted by Gasteiger charge is -2.26. The highest BCUT2D eigenvalue weighted by atomic mass is 32.1. The highest BCUT2D eigenvalue weighted by molar-refractivity contribution is 7.71. The molecule has 0 saturated heterocycles. The van der Waals surface area contributed by atoms with Crippen LogP contribution in [-0.4, -0.2) is 33.0 Å². The Hall–Kier alpha value is -1.14. The Labute approximate surface area is 105 Å². The second kappa shape index (κ2) is 3.96. The SMILES string of the molecule is COCC(C)(C)n1c(=S)[nH]c2c(C)nn(C)c21. The Bertz CT molecular complexity index is 605. The smallest absolute Gasteiger partial charge is 0.179 e. The van der Waals surface area contributed by atoms with Crippen LogP contribution in [0, 0.1) is 11.7 Å². The minimum absolute atomic E-state index is 0.204. The minimum Gasteiger partial charge on any atom is -0.382 e. The predicted molar refractivity (Wildman–Crippen MR) is 69.8 cm³/mol. The molecule has 0 bridgehead atoms. The van der Waals surface area contributed by atoms with E-state index in [1.54, 1.807) is 7.11 Å². The van der Waals surface area contributed by atoms with E-state index in [1.807, 2.05) is 18.7 Å². The van der Waals surface area contributed by atoms with Crippen LogP contribution in [-0.2, 0) is 17.3 Å². The van der Waals surface area contributed by atoms with Crippen molar-refractivity contribution in [2.45, 2.75) is 26.3 Å². The lowest BCUT2D eigenvalue weighted by atomic mass is 10.1. The van der Waals surface area contributed by atoms with E-state index < -0.39 is 0 Å². The molecule has 0 atom stereocenters. The van der Waals surface area contributed by atoms with E-state index in [0.29, 0.717) is 11.4 Å². The van der Waals surface area contributed by atoms with E-state index in [2.05, 4.69) is 28.5 Å². The molecule has 0 unspecified atom stereocenters. The number of imidazole rings is 1. The molecule has 0 aliphatic carbocycles. The Balaban J connectivity index is 2.77. The van der Waals surface area contributed by atoms with Gasteiger partial charge in [-0.05, 0) is 33.0 Å². The molecule has 1 N–H and O–H groups in total. The van der Waals surface area contributed by atoms with Gasteiger partial charge in [-0.15, -0.1) is 0 Å². The zero-order chi connectivity index (χ0) is 12.8. The van der Waals surface area contributed by atoms with E-state index in [-0.39, 0.29) is 5.54 Å². The molecule has 2 heterocycles. The van der Waals surface area contributed by atoms with Crippen LogP contribution in [0.5, 0.6) is 0 Å². The van der Waals surface area contributed by atoms with Crippen LogP contribution in [0.2, 0.25) is 0 Å². The van der Waals surface area contributed by atoms with E-state index in [4.69, 9.17) is 17.0 Å². The van der Waals surface area contributed by atoms with Gasteiger partial charge in [-0.3, -0.25) is 9.25 Å². The minimum atomic E-state index is -0.204. The first-order valence-corrected chi connectivity index (χ1v) is 5.93. The number of aromatic nitrogens is 4. The summed E-state index contributed by atoms with van der Waals surface area (Å²) in [7, 11) is 3.63. The molecule has 17 heavy (non-hydrogen) atoms. The van der Waals surface area contributed by atoms with Gasteiger partial charge in [0.15, 0.2) is 10.4 Å². The number of aryl methyl sites for hydroxylation is 2. The van der Waals surface area contributed by atoms with Crippen molar-refractivity contribution in [2.24, 2.45) is 7.05 Å². The molecule has 0 aromatic carbocycles. The monoisotopic (exact) mass is 254 g/mol. The van der Waals surface area contributed by atoms with Crippen LogP contribution in [0.15, 0.2) is 0 Å². The Kier molecular flexibility index (Phi) is 2.87. The summed E-state index contributed by atoms with van der Waals surface area (Å²) < 4.78 is 9.90. The van der Waals surface area contributed by atoms with Gasteiger partial charge in [0, 0.05) is 14.2 Å². The molecule has 0 aliphatic heterocycles. The molecule has 2 aromatic rings. The summed E-state index contributed by atoms with van der Waals surface area (Å²) in [6, 6.07) is 0. The quantitative estimate of drug-likeness (QED) is 0.854. The van der Waals surface area contributed by atoms with Gasteiger partial charge in [-0.2, -0.15) is 5.10 Å². The zero-order valence-corrected chi connectivity index (χ0v) is 11.7. The van der Waals surface area contributed by atoms with E-state index in [9.17, 15) is 0 Å². The summed E-state index contributed by atoms with van der Waals surface area (Å²) in [5.74, 6) is 0. The van der Waals surface area contributed by atoms with Crippen molar-refractivity contribution in [3.63, 3.8) is 0 Å². The third-order valence-corrected chi connectivity index (χ3v) is 3.23. The molecule has 5 nitrogen and oxygen atoms in total. The fourth-order valence-electron chi connectivity index (χ4n) is 2.29. The Morgan fingerprint density at radius 1 is 1.47 bits per heavy atom. The first-order chi connectivity index (χ1) is 7.88. The molecular formula is C11H18N4OS. The van der Waals surface area contributed by atoms with Crippen molar-refractivity contribution in [3.05, 3.63) is 10.5 Å². The summed E-state index contributed by atoms with van der Waals surface area (Å²) in [4.78, 5) is 3.22. The standard InChI is InChI=1S/C11H18N4OS/c1-7-8-9(14(4)13-7)15(10(17)12-8)11(2,3)6-16-5/h6H2,1-5H3,(H,12,17). The van der Waals surface area contributed by atoms with Crippen LogP contribution in [0.3, 0.4) is 0 Å². The summed E-state index contributed by atoms with van der Waals surface area (Å²) in [6.07, 6.45) is 0. The molecule has 2 aromatic heterocycles. The van der Waals surface area contributed by atoms with Crippen molar-refractivity contribution >= 4 is 23.4 Å². The van der Waals surface area contributed by atoms with E-state index in [0.717, 1.165) is 16.9 Å². The van der Waals surface area contributed by atoms with E-state index >= 15 is 0 Å². The van der Waals surface area contributed by atoms with Crippen molar-refractivity contribution in [1.29, 1.82) is 0 Å². The van der Waals surface area contributed by atoms with Gasteiger partial charge in [0.1, 0.15) is 5.52 Å². The molecule has 0 spiro atoms. The molecular weight excluding hydrogens is 236 g/mol. The van der Waals surface area contributed by atoms with Gasteiger partial charge in [-0.25, -0.2) is 0 Å². The number of ether oxygens (including phenoxy) is 1. The summed E-state index contributed by atoms with van der Waals surface area (Å²) in [6.45, 7) is 6.77. The topological polar surface area (TPSA) is 47.8 Å². The molecule has 0 fully saturated rings. The van der Waals surface area contributed by atoms with Crippen molar-refractivity contribution in [2.75, 3.05) is 13.7 Å². The lowest BCUT2D eigenvalue weighted by molar-refractivity contribution is 0.110. The second-order valence-corrected chi connectivity index (χ2v) is 5.31. The maximum Gasteiger partial charge on any atom is 0.179 e. The fourth-order valence-corrected chi connectivity index (χ4v) is 2.72. The zero-order valence-electron chi connectivity index (χ0n) is 10.9. The number of H-pyrrole nitrogens is 1. The van der Waals surface area contributed by atoms with Gasteiger partial charge < -0.3 is 9.72 Å². The van der Waals surface area contributed by atoms with Crippen LogP contribution in [0.4, 0.5) is 0 Å². The number of hydrogen-bond acceptors (Lipinski definition) is 3. The number of hydrogen-bond donors (Lipinski definition) is 1. The van der Waals surface area contributed by atoms with Gasteiger partial charge >= 0.3 is 0 Å². The molecule has 94 valence electrons. The summed E-state index contributed by atoms with van der Waals surface area (Å²) in [5.41, 5.74) is 2.77. The number of aromatic amines is 1. The third-order valence-electron chi connectivity index (χ3n) is 2.94. The molecule has 0 saturated carbocycles. The largest absolute Gasteiger partial charge is 0.382 e. The predicted octanol–water partition coefficient (Wildman–Crippen LogP) is 2.12. The first kappa shape index (κ1) is 12.3. The first-order valence-electron chi connectivity index (χ1n) is 5.52. The molecule has 0 aliphatic rings. The lowest BCUT2D eigenvalue weighted by Crippen LogP contribution is -2.32. The highest BCUT2D eigenvalue weighted by Gasteiger charge is 2.26. The number of nitrogens with one attached hydrogen (secondary N) is 1. The van der Waals surface area contributed by atoms with Crippen molar-refractivity contribution < 1.29 is 4.74 Å². The van der Waals surface area contributed by atoms with Gasteiger partial charge in [0.05, 0.1) is 17.8 Å². The summed E-state index contributed by atoms with van der Waals surface area (Å²) >= 11 is 5.40. The third kappa shape index (κ3) is 1.81. The van der Waals surface area contributed by atoms with Crippen LogP contribution in [0.1, 0.15) is 19.5 Å². The number of nitrogens with zero attached hydrogens (tertiary/aromatic N) is 3. The maximum absolute atomic E-state index is 5.40. The van der Waals surface area contributed by atoms with Crippen LogP contribution >= 0.6 is 12.2 Å². The van der Waals surface area contributed by atoms with Crippen molar-refractivity contribution in [3.8, 4) is 0 Å². The van der Waals surface area contributed by atoms with Gasteiger partial charge in [0.25, 0.3) is 0 Å². The van der Waals surface area contributed by atoms with Crippen LogP contribution < -0.4 is 0 Å². The molecule has 0 amide bonds. The number of methoxy groups -OCH3 is 1. The average Bonchev–Trinajstić information content (AvgIpc) is 2.66. The van der Waals surface area contributed by atoms with Crippen molar-refractivity contribution in [1.82, 2.24) is 19.3 Å². The summed E-state index contributed by atoms with van der Waals surface area (Å²) in [5, 5.41) is 4.40. The highest BCUT2D eigenvalue weighted by Crippen LogP contribution is 2.25. The fraction of sp³-hybridized carbons (Fsp3) is 0.636. The van der Waals surface area contributed by atoms with E-state index in [1.165, 1.54) is 0 Å². The van der Waals surface area contributed by atoms with Gasteiger partial charge in [0.2, 0.25) is 0 Å². The Morgan fingerprint density at radius 2 is 2.12 bits per heavy atom.